The van der Waals surface area contributed by atoms with Crippen LogP contribution in [0.25, 0.3) is 5.76 Å². The summed E-state index contributed by atoms with van der Waals surface area (Å²) in [5.41, 5.74) is 1.74. The van der Waals surface area contributed by atoms with Crippen LogP contribution in [0.3, 0.4) is 0 Å². The minimum absolute atomic E-state index is 0.0178. The molecule has 4 rings (SSSR count). The summed E-state index contributed by atoms with van der Waals surface area (Å²) < 4.78 is 11.0. The van der Waals surface area contributed by atoms with Crippen LogP contribution in [-0.4, -0.2) is 40.5 Å². The van der Waals surface area contributed by atoms with Gasteiger partial charge in [0.15, 0.2) is 0 Å². The Bertz CT molecular complexity index is 1280. The second-order valence-electron chi connectivity index (χ2n) is 9.10. The number of ether oxygens (including phenoxy) is 2. The maximum Gasteiger partial charge on any atom is 0.295 e. The van der Waals surface area contributed by atoms with Gasteiger partial charge in [0.05, 0.1) is 25.3 Å². The van der Waals surface area contributed by atoms with Gasteiger partial charge in [0.25, 0.3) is 11.7 Å². The third-order valence-electron chi connectivity index (χ3n) is 5.95. The Morgan fingerprint density at radius 1 is 0.972 bits per heavy atom. The molecule has 7 nitrogen and oxygen atoms in total. The van der Waals surface area contributed by atoms with E-state index in [1.54, 1.807) is 36.4 Å². The highest BCUT2D eigenvalue weighted by molar-refractivity contribution is 6.46. The number of aliphatic hydroxyl groups excluding tert-OH is 1. The lowest BCUT2D eigenvalue weighted by molar-refractivity contribution is -0.140. The smallest absolute Gasteiger partial charge is 0.295 e. The van der Waals surface area contributed by atoms with Crippen molar-refractivity contribution in [1.29, 1.82) is 0 Å². The number of phenols is 1. The molecule has 0 saturated carbocycles. The molecule has 1 aliphatic heterocycles. The zero-order valence-corrected chi connectivity index (χ0v) is 20.5. The number of aliphatic hydroxyl groups is 1. The molecule has 186 valence electrons. The number of carbonyl (C=O) groups is 2. The number of hydrogen-bond acceptors (Lipinski definition) is 6. The van der Waals surface area contributed by atoms with Crippen molar-refractivity contribution < 1.29 is 29.3 Å². The van der Waals surface area contributed by atoms with Gasteiger partial charge in [0.1, 0.15) is 23.0 Å². The zero-order valence-electron chi connectivity index (χ0n) is 20.5. The number of carbonyl (C=O) groups excluding carboxylic acids is 2. The number of hydrogen-bond donors (Lipinski definition) is 2. The summed E-state index contributed by atoms with van der Waals surface area (Å²) in [6.07, 6.45) is 0. The Morgan fingerprint density at radius 3 is 2.31 bits per heavy atom. The van der Waals surface area contributed by atoms with E-state index in [0.717, 1.165) is 11.3 Å². The second-order valence-corrected chi connectivity index (χ2v) is 9.10. The lowest BCUT2D eigenvalue weighted by Gasteiger charge is -2.25. The largest absolute Gasteiger partial charge is 0.508 e. The Morgan fingerprint density at radius 2 is 1.67 bits per heavy atom. The van der Waals surface area contributed by atoms with E-state index >= 15 is 0 Å². The molecule has 1 aliphatic rings. The molecular weight excluding hydrogens is 458 g/mol. The first-order valence-electron chi connectivity index (χ1n) is 11.7. The minimum Gasteiger partial charge on any atom is -0.508 e. The fourth-order valence-corrected chi connectivity index (χ4v) is 4.12. The topological polar surface area (TPSA) is 96.3 Å². The number of rotatable bonds is 8. The Labute approximate surface area is 210 Å². The van der Waals surface area contributed by atoms with Crippen LogP contribution >= 0.6 is 0 Å². The highest BCUT2D eigenvalue weighted by Crippen LogP contribution is 2.41. The maximum absolute atomic E-state index is 13.2. The lowest BCUT2D eigenvalue weighted by atomic mass is 9.95. The van der Waals surface area contributed by atoms with Gasteiger partial charge in [-0.05, 0) is 53.4 Å². The molecule has 2 N–H and O–H groups in total. The number of amides is 1. The van der Waals surface area contributed by atoms with Gasteiger partial charge in [0, 0.05) is 12.1 Å². The molecule has 1 heterocycles. The van der Waals surface area contributed by atoms with Gasteiger partial charge in [-0.25, -0.2) is 0 Å². The van der Waals surface area contributed by atoms with Gasteiger partial charge in [0.2, 0.25) is 0 Å². The molecular formula is C29H29NO6. The van der Waals surface area contributed by atoms with Crippen LogP contribution in [0.4, 0.5) is 0 Å². The van der Waals surface area contributed by atoms with Gasteiger partial charge in [-0.1, -0.05) is 50.2 Å². The second kappa shape index (κ2) is 10.6. The average molecular weight is 488 g/mol. The summed E-state index contributed by atoms with van der Waals surface area (Å²) in [5.74, 6) is -0.0861. The minimum atomic E-state index is -0.839. The fourth-order valence-electron chi connectivity index (χ4n) is 4.12. The molecule has 36 heavy (non-hydrogen) atoms. The van der Waals surface area contributed by atoms with Crippen LogP contribution in [0.1, 0.15) is 36.6 Å². The predicted molar refractivity (Wildman–Crippen MR) is 136 cm³/mol. The van der Waals surface area contributed by atoms with E-state index in [1.807, 2.05) is 24.3 Å². The van der Waals surface area contributed by atoms with E-state index in [1.165, 1.54) is 24.1 Å². The molecule has 3 aromatic rings. The first-order chi connectivity index (χ1) is 17.3. The van der Waals surface area contributed by atoms with Crippen LogP contribution in [0, 0.1) is 5.92 Å². The van der Waals surface area contributed by atoms with E-state index in [4.69, 9.17) is 9.47 Å². The lowest BCUT2D eigenvalue weighted by Crippen LogP contribution is -2.29. The molecule has 0 bridgehead atoms. The SMILES string of the molecule is COc1cccc(/C(O)=C2/C(=O)C(=O)N(Cc3ccc(OCC(C)C)cc3)C2c2ccc(O)cc2)c1. The Hall–Kier alpha value is -4.26. The molecule has 1 fully saturated rings. The van der Waals surface area contributed by atoms with Crippen LogP contribution in [0.2, 0.25) is 0 Å². The van der Waals surface area contributed by atoms with Gasteiger partial charge in [-0.15, -0.1) is 0 Å². The Kier molecular flexibility index (Phi) is 7.29. The van der Waals surface area contributed by atoms with Crippen LogP contribution in [-0.2, 0) is 16.1 Å². The third kappa shape index (κ3) is 5.20. The van der Waals surface area contributed by atoms with Gasteiger partial charge in [-0.2, -0.15) is 0 Å². The number of likely N-dealkylation sites (tertiary alicyclic amines) is 1. The molecule has 0 aromatic heterocycles. The van der Waals surface area contributed by atoms with Gasteiger partial charge in [-0.3, -0.25) is 9.59 Å². The molecule has 1 amide bonds. The first kappa shape index (κ1) is 24.9. The highest BCUT2D eigenvalue weighted by Gasteiger charge is 2.46. The van der Waals surface area contributed by atoms with E-state index < -0.39 is 17.7 Å². The fraction of sp³-hybridized carbons (Fsp3) is 0.241. The normalized spacial score (nSPS) is 17.0. The standard InChI is InChI=1S/C29H29NO6/c1-18(2)17-36-23-13-7-19(8-14-23)16-30-26(20-9-11-22(31)12-10-20)25(28(33)29(30)34)27(32)21-5-4-6-24(15-21)35-3/h4-15,18,26,31-32H,16-17H2,1-3H3/b27-25-. The molecule has 0 spiro atoms. The molecule has 1 atom stereocenters. The predicted octanol–water partition coefficient (Wildman–Crippen LogP) is 5.06. The van der Waals surface area contributed by atoms with Gasteiger partial charge < -0.3 is 24.6 Å². The van der Waals surface area contributed by atoms with Crippen molar-refractivity contribution in [2.75, 3.05) is 13.7 Å². The number of methoxy groups -OCH3 is 1. The van der Waals surface area contributed by atoms with Crippen molar-refractivity contribution in [1.82, 2.24) is 4.90 Å². The van der Waals surface area contributed by atoms with Crippen molar-refractivity contribution >= 4 is 17.4 Å². The van der Waals surface area contributed by atoms with Crippen LogP contribution < -0.4 is 9.47 Å². The van der Waals surface area contributed by atoms with Crippen molar-refractivity contribution in [3.8, 4) is 17.2 Å². The number of phenolic OH excluding ortho intramolecular Hbond substituents is 1. The highest BCUT2D eigenvalue weighted by atomic mass is 16.5. The summed E-state index contributed by atoms with van der Waals surface area (Å²) in [5, 5.41) is 21.0. The molecule has 1 unspecified atom stereocenters. The van der Waals surface area contributed by atoms with E-state index in [0.29, 0.717) is 29.4 Å². The van der Waals surface area contributed by atoms with E-state index in [2.05, 4.69) is 13.8 Å². The first-order valence-corrected chi connectivity index (χ1v) is 11.7. The quantitative estimate of drug-likeness (QED) is 0.262. The van der Waals surface area contributed by atoms with Crippen molar-refractivity contribution in [3.63, 3.8) is 0 Å². The Balaban J connectivity index is 1.73. The van der Waals surface area contributed by atoms with E-state index in [9.17, 15) is 19.8 Å². The van der Waals surface area contributed by atoms with E-state index in [-0.39, 0.29) is 23.6 Å². The summed E-state index contributed by atoms with van der Waals surface area (Å²) in [7, 11) is 1.51. The zero-order chi connectivity index (χ0) is 25.8. The number of aromatic hydroxyl groups is 1. The molecule has 1 saturated heterocycles. The molecule has 0 radical (unpaired) electrons. The molecule has 3 aromatic carbocycles. The number of ketones is 1. The number of Topliss-reactive ketones (excluding diaryl/α,β-unsaturated/α-hetero) is 1. The molecule has 0 aliphatic carbocycles. The third-order valence-corrected chi connectivity index (χ3v) is 5.95. The molecule has 7 heteroatoms. The van der Waals surface area contributed by atoms with Crippen LogP contribution in [0.5, 0.6) is 17.2 Å². The average Bonchev–Trinajstić information content (AvgIpc) is 3.13. The number of benzene rings is 3. The number of nitrogens with zero attached hydrogens (tertiary/aromatic N) is 1. The van der Waals surface area contributed by atoms with Crippen molar-refractivity contribution in [2.45, 2.75) is 26.4 Å². The summed E-state index contributed by atoms with van der Waals surface area (Å²) in [4.78, 5) is 27.9. The van der Waals surface area contributed by atoms with Crippen LogP contribution in [0.15, 0.2) is 78.4 Å². The maximum atomic E-state index is 13.2. The summed E-state index contributed by atoms with van der Waals surface area (Å²) in [6, 6.07) is 19.5. The van der Waals surface area contributed by atoms with Crippen molar-refractivity contribution in [2.24, 2.45) is 5.92 Å². The monoisotopic (exact) mass is 487 g/mol. The summed E-state index contributed by atoms with van der Waals surface area (Å²) in [6.45, 7) is 4.88. The van der Waals surface area contributed by atoms with Crippen molar-refractivity contribution in [3.05, 3.63) is 95.1 Å². The van der Waals surface area contributed by atoms with Gasteiger partial charge >= 0.3 is 0 Å². The summed E-state index contributed by atoms with van der Waals surface area (Å²) >= 11 is 0.